The van der Waals surface area contributed by atoms with Gasteiger partial charge in [-0.25, -0.2) is 0 Å². The minimum atomic E-state index is -0.155. The summed E-state index contributed by atoms with van der Waals surface area (Å²) in [6.45, 7) is 2.97. The van der Waals surface area contributed by atoms with Crippen LogP contribution >= 0.6 is 0 Å². The topological polar surface area (TPSA) is 57.0 Å². The summed E-state index contributed by atoms with van der Waals surface area (Å²) >= 11 is 0. The van der Waals surface area contributed by atoms with E-state index in [0.717, 1.165) is 11.4 Å². The summed E-state index contributed by atoms with van der Waals surface area (Å²) in [7, 11) is 0. The van der Waals surface area contributed by atoms with Crippen LogP contribution in [0.1, 0.15) is 17.8 Å². The first-order valence-electron chi connectivity index (χ1n) is 5.29. The van der Waals surface area contributed by atoms with Gasteiger partial charge in [-0.3, -0.25) is 9.78 Å². The van der Waals surface area contributed by atoms with Gasteiger partial charge in [0, 0.05) is 18.7 Å². The van der Waals surface area contributed by atoms with Crippen molar-refractivity contribution in [1.82, 2.24) is 9.88 Å². The second-order valence-corrected chi connectivity index (χ2v) is 4.07. The number of hydrogen-bond acceptors (Lipinski definition) is 3. The molecule has 1 unspecified atom stereocenters. The first-order chi connectivity index (χ1) is 7.69. The van der Waals surface area contributed by atoms with E-state index in [1.165, 1.54) is 0 Å². The van der Waals surface area contributed by atoms with Crippen molar-refractivity contribution >= 4 is 5.91 Å². The summed E-state index contributed by atoms with van der Waals surface area (Å²) in [5, 5.41) is 8.77. The van der Waals surface area contributed by atoms with Crippen LogP contribution in [0.5, 0.6) is 0 Å². The van der Waals surface area contributed by atoms with Crippen molar-refractivity contribution in [2.24, 2.45) is 5.92 Å². The van der Waals surface area contributed by atoms with E-state index in [-0.39, 0.29) is 11.8 Å². The minimum Gasteiger partial charge on any atom is -0.335 e. The van der Waals surface area contributed by atoms with Crippen LogP contribution in [0.15, 0.2) is 18.2 Å². The molecule has 1 aliphatic rings. The summed E-state index contributed by atoms with van der Waals surface area (Å²) in [6, 6.07) is 7.90. The van der Waals surface area contributed by atoms with E-state index in [0.29, 0.717) is 19.5 Å². The second kappa shape index (κ2) is 4.31. The van der Waals surface area contributed by atoms with Crippen LogP contribution in [0.4, 0.5) is 0 Å². The molecule has 0 saturated carbocycles. The zero-order valence-corrected chi connectivity index (χ0v) is 9.18. The molecule has 1 amide bonds. The number of carbonyl (C=O) groups is 1. The maximum Gasteiger partial charge on any atom is 0.224 e. The molecule has 1 saturated heterocycles. The standard InChI is InChI=1S/C12H13N3O/c1-9-3-2-4-11(14-9)8-15-7-10(6-13)5-12(15)16/h2-4,10H,5,7-8H2,1H3. The number of hydrogen-bond donors (Lipinski definition) is 0. The number of nitrogens with zero attached hydrogens (tertiary/aromatic N) is 3. The molecule has 2 heterocycles. The number of nitriles is 1. The van der Waals surface area contributed by atoms with Gasteiger partial charge in [-0.05, 0) is 19.1 Å². The molecule has 0 bridgehead atoms. The highest BCUT2D eigenvalue weighted by Gasteiger charge is 2.29. The highest BCUT2D eigenvalue weighted by atomic mass is 16.2. The van der Waals surface area contributed by atoms with E-state index in [9.17, 15) is 4.79 Å². The molecule has 4 nitrogen and oxygen atoms in total. The molecule has 0 N–H and O–H groups in total. The lowest BCUT2D eigenvalue weighted by Crippen LogP contribution is -2.25. The van der Waals surface area contributed by atoms with Gasteiger partial charge >= 0.3 is 0 Å². The normalized spacial score (nSPS) is 19.9. The third kappa shape index (κ3) is 2.19. The van der Waals surface area contributed by atoms with E-state index < -0.39 is 0 Å². The summed E-state index contributed by atoms with van der Waals surface area (Å²) in [5.41, 5.74) is 1.83. The summed E-state index contributed by atoms with van der Waals surface area (Å²) in [4.78, 5) is 17.6. The Morgan fingerprint density at radius 3 is 3.06 bits per heavy atom. The number of carbonyl (C=O) groups excluding carboxylic acids is 1. The lowest BCUT2D eigenvalue weighted by Gasteiger charge is -2.15. The minimum absolute atomic E-state index is 0.0508. The number of likely N-dealkylation sites (tertiary alicyclic amines) is 1. The third-order valence-corrected chi connectivity index (χ3v) is 2.70. The SMILES string of the molecule is Cc1cccc(CN2CC(C#N)CC2=O)n1. The van der Waals surface area contributed by atoms with Crippen LogP contribution in [-0.4, -0.2) is 22.3 Å². The van der Waals surface area contributed by atoms with Crippen LogP contribution < -0.4 is 0 Å². The fourth-order valence-electron chi connectivity index (χ4n) is 1.89. The molecule has 2 rings (SSSR count). The quantitative estimate of drug-likeness (QED) is 0.746. The molecule has 0 radical (unpaired) electrons. The fourth-order valence-corrected chi connectivity index (χ4v) is 1.89. The predicted molar refractivity (Wildman–Crippen MR) is 58.1 cm³/mol. The van der Waals surface area contributed by atoms with Crippen molar-refractivity contribution in [3.05, 3.63) is 29.6 Å². The largest absolute Gasteiger partial charge is 0.335 e. The third-order valence-electron chi connectivity index (χ3n) is 2.70. The highest BCUT2D eigenvalue weighted by Crippen LogP contribution is 2.18. The van der Waals surface area contributed by atoms with Gasteiger partial charge in [0.05, 0.1) is 24.2 Å². The fraction of sp³-hybridized carbons (Fsp3) is 0.417. The molecule has 1 atom stereocenters. The maximum absolute atomic E-state index is 11.6. The van der Waals surface area contributed by atoms with Crippen LogP contribution in [-0.2, 0) is 11.3 Å². The Morgan fingerprint density at radius 1 is 1.62 bits per heavy atom. The monoisotopic (exact) mass is 215 g/mol. The molecule has 0 aliphatic carbocycles. The molecular formula is C12H13N3O. The van der Waals surface area contributed by atoms with Crippen LogP contribution in [0, 0.1) is 24.2 Å². The molecule has 0 spiro atoms. The van der Waals surface area contributed by atoms with Gasteiger partial charge in [0.1, 0.15) is 0 Å². The maximum atomic E-state index is 11.6. The highest BCUT2D eigenvalue weighted by molar-refractivity contribution is 5.79. The Hall–Kier alpha value is -1.89. The van der Waals surface area contributed by atoms with Gasteiger partial charge in [0.15, 0.2) is 0 Å². The van der Waals surface area contributed by atoms with Gasteiger partial charge < -0.3 is 4.90 Å². The van der Waals surface area contributed by atoms with Gasteiger partial charge in [0.2, 0.25) is 5.91 Å². The zero-order chi connectivity index (χ0) is 11.5. The van der Waals surface area contributed by atoms with E-state index in [4.69, 9.17) is 5.26 Å². The van der Waals surface area contributed by atoms with Crippen LogP contribution in [0.3, 0.4) is 0 Å². The molecule has 82 valence electrons. The first kappa shape index (κ1) is 10.6. The molecule has 1 aromatic heterocycles. The molecule has 1 aromatic rings. The molecule has 0 aromatic carbocycles. The predicted octanol–water partition coefficient (Wildman–Crippen LogP) is 1.26. The number of rotatable bonds is 2. The van der Waals surface area contributed by atoms with Gasteiger partial charge in [-0.1, -0.05) is 6.07 Å². The smallest absolute Gasteiger partial charge is 0.224 e. The summed E-state index contributed by atoms with van der Waals surface area (Å²) in [5.74, 6) is -0.104. The number of pyridine rings is 1. The molecule has 4 heteroatoms. The molecule has 1 aliphatic heterocycles. The average Bonchev–Trinajstić information content (AvgIpc) is 2.60. The summed E-state index contributed by atoms with van der Waals surface area (Å²) in [6.07, 6.45) is 0.350. The Morgan fingerprint density at radius 2 is 2.44 bits per heavy atom. The van der Waals surface area contributed by atoms with Crippen molar-refractivity contribution in [2.45, 2.75) is 19.9 Å². The molecule has 16 heavy (non-hydrogen) atoms. The Kier molecular flexibility index (Phi) is 2.86. The lowest BCUT2D eigenvalue weighted by atomic mass is 10.1. The van der Waals surface area contributed by atoms with E-state index in [1.807, 2.05) is 25.1 Å². The Balaban J connectivity index is 2.06. The van der Waals surface area contributed by atoms with Crippen molar-refractivity contribution < 1.29 is 4.79 Å². The lowest BCUT2D eigenvalue weighted by molar-refractivity contribution is -0.128. The Labute approximate surface area is 94.5 Å². The number of aromatic nitrogens is 1. The van der Waals surface area contributed by atoms with Gasteiger partial charge in [-0.2, -0.15) is 5.26 Å². The summed E-state index contributed by atoms with van der Waals surface area (Å²) < 4.78 is 0. The van der Waals surface area contributed by atoms with Crippen LogP contribution in [0.25, 0.3) is 0 Å². The zero-order valence-electron chi connectivity index (χ0n) is 9.18. The van der Waals surface area contributed by atoms with E-state index in [2.05, 4.69) is 11.1 Å². The van der Waals surface area contributed by atoms with Crippen LogP contribution in [0.2, 0.25) is 0 Å². The number of aryl methyl sites for hydroxylation is 1. The van der Waals surface area contributed by atoms with Crippen molar-refractivity contribution in [2.75, 3.05) is 6.54 Å². The first-order valence-corrected chi connectivity index (χ1v) is 5.29. The van der Waals surface area contributed by atoms with E-state index >= 15 is 0 Å². The van der Waals surface area contributed by atoms with Crippen molar-refractivity contribution in [3.8, 4) is 6.07 Å². The second-order valence-electron chi connectivity index (χ2n) is 4.07. The Bertz CT molecular complexity index is 450. The number of amides is 1. The van der Waals surface area contributed by atoms with E-state index in [1.54, 1.807) is 4.90 Å². The molecular weight excluding hydrogens is 202 g/mol. The van der Waals surface area contributed by atoms with Crippen molar-refractivity contribution in [1.29, 1.82) is 5.26 Å². The molecule has 1 fully saturated rings. The van der Waals surface area contributed by atoms with Gasteiger partial charge in [0.25, 0.3) is 0 Å². The van der Waals surface area contributed by atoms with Crippen molar-refractivity contribution in [3.63, 3.8) is 0 Å². The average molecular weight is 215 g/mol. The van der Waals surface area contributed by atoms with Gasteiger partial charge in [-0.15, -0.1) is 0 Å².